The summed E-state index contributed by atoms with van der Waals surface area (Å²) in [7, 11) is 0. The lowest BCUT2D eigenvalue weighted by Gasteiger charge is -2.17. The molecule has 1 unspecified atom stereocenters. The molecule has 0 saturated carbocycles. The first-order chi connectivity index (χ1) is 14.4. The number of hydrogen-bond acceptors (Lipinski definition) is 5. The number of H-pyrrole nitrogens is 1. The normalized spacial score (nSPS) is 12.4. The lowest BCUT2D eigenvalue weighted by molar-refractivity contribution is 0.0492. The molecule has 0 fully saturated rings. The Morgan fingerprint density at radius 1 is 1.30 bits per heavy atom. The number of benzene rings is 1. The Morgan fingerprint density at radius 2 is 2.10 bits per heavy atom. The summed E-state index contributed by atoms with van der Waals surface area (Å²) in [5, 5.41) is 13.3. The molecule has 0 amide bonds. The lowest BCUT2D eigenvalue weighted by Crippen LogP contribution is -2.26. The molecule has 3 heterocycles. The molecule has 30 heavy (non-hydrogen) atoms. The number of aliphatic hydroxyl groups excluding tert-OH is 1. The summed E-state index contributed by atoms with van der Waals surface area (Å²) in [5.74, 6) is -0.637. The van der Waals surface area contributed by atoms with Crippen molar-refractivity contribution in [3.8, 4) is 11.1 Å². The molecule has 156 valence electrons. The van der Waals surface area contributed by atoms with E-state index < -0.39 is 17.6 Å². The summed E-state index contributed by atoms with van der Waals surface area (Å²) in [6, 6.07) is 4.24. The number of nitrogens with zero attached hydrogens (tertiary/aromatic N) is 4. The zero-order chi connectivity index (χ0) is 21.4. The van der Waals surface area contributed by atoms with Crippen LogP contribution in [0.1, 0.15) is 18.6 Å². The molecular formula is C19H16Cl2FN5O3. The first-order valence-electron chi connectivity index (χ1n) is 8.94. The Labute approximate surface area is 179 Å². The third-order valence-corrected chi connectivity index (χ3v) is 5.26. The molecule has 3 aromatic heterocycles. The van der Waals surface area contributed by atoms with Gasteiger partial charge in [0.25, 0.3) is 0 Å². The summed E-state index contributed by atoms with van der Waals surface area (Å²) in [5.41, 5.74) is 1.81. The van der Waals surface area contributed by atoms with Crippen LogP contribution in [0.15, 0.2) is 41.6 Å². The largest absolute Gasteiger partial charge is 0.401 e. The highest BCUT2D eigenvalue weighted by Crippen LogP contribution is 2.33. The fourth-order valence-corrected chi connectivity index (χ4v) is 3.77. The molecule has 0 saturated heterocycles. The van der Waals surface area contributed by atoms with Crippen LogP contribution < -0.4 is 10.5 Å². The molecule has 1 aromatic carbocycles. The summed E-state index contributed by atoms with van der Waals surface area (Å²) in [6.07, 6.45) is 4.15. The number of aromatic amines is 1. The predicted molar refractivity (Wildman–Crippen MR) is 110 cm³/mol. The van der Waals surface area contributed by atoms with Gasteiger partial charge in [0.05, 0.1) is 24.4 Å². The van der Waals surface area contributed by atoms with Gasteiger partial charge in [0.15, 0.2) is 11.8 Å². The van der Waals surface area contributed by atoms with Crippen LogP contribution in [0, 0.1) is 5.82 Å². The molecule has 1 atom stereocenters. The summed E-state index contributed by atoms with van der Waals surface area (Å²) >= 11 is 12.2. The van der Waals surface area contributed by atoms with E-state index in [1.54, 1.807) is 36.3 Å². The molecule has 4 rings (SSSR count). The van der Waals surface area contributed by atoms with E-state index in [-0.39, 0.29) is 22.2 Å². The second kappa shape index (κ2) is 8.10. The number of pyridine rings is 1. The Bertz CT molecular complexity index is 1280. The van der Waals surface area contributed by atoms with E-state index in [2.05, 4.69) is 15.1 Å². The predicted octanol–water partition coefficient (Wildman–Crippen LogP) is 3.22. The average molecular weight is 452 g/mol. The topological polar surface area (TPSA) is 98.0 Å². The quantitative estimate of drug-likeness (QED) is 0.438. The summed E-state index contributed by atoms with van der Waals surface area (Å²) in [6.45, 7) is 1.93. The van der Waals surface area contributed by atoms with Gasteiger partial charge in [-0.2, -0.15) is 5.10 Å². The van der Waals surface area contributed by atoms with E-state index in [0.717, 1.165) is 16.4 Å². The van der Waals surface area contributed by atoms with Crippen molar-refractivity contribution in [3.05, 3.63) is 68.7 Å². The monoisotopic (exact) mass is 451 g/mol. The second-order valence-corrected chi connectivity index (χ2v) is 7.32. The molecule has 0 aliphatic carbocycles. The number of hydrogen-bond donors (Lipinski definition) is 2. The van der Waals surface area contributed by atoms with E-state index in [1.807, 2.05) is 0 Å². The van der Waals surface area contributed by atoms with Crippen LogP contribution in [0.3, 0.4) is 0 Å². The van der Waals surface area contributed by atoms with Crippen molar-refractivity contribution in [1.29, 1.82) is 0 Å². The van der Waals surface area contributed by atoms with E-state index in [1.165, 1.54) is 6.07 Å². The smallest absolute Gasteiger partial charge is 0.360 e. The van der Waals surface area contributed by atoms with Crippen molar-refractivity contribution >= 4 is 34.4 Å². The number of nitrogens with one attached hydrogen (secondary N) is 1. The summed E-state index contributed by atoms with van der Waals surface area (Å²) in [4.78, 5) is 25.1. The number of fused-ring (bicyclic) bond motifs is 1. The summed E-state index contributed by atoms with van der Waals surface area (Å²) < 4.78 is 16.5. The molecule has 0 aliphatic rings. The SMILES string of the molecule is CC(On1c(=O)[nH]c2ncc(-c3cnn(CCO)c3)cc21)c1c(Cl)ccc(F)c1Cl. The second-order valence-electron chi connectivity index (χ2n) is 6.54. The molecule has 2 N–H and O–H groups in total. The number of rotatable bonds is 6. The van der Waals surface area contributed by atoms with Crippen molar-refractivity contribution in [3.63, 3.8) is 0 Å². The van der Waals surface area contributed by atoms with Crippen molar-refractivity contribution < 1.29 is 14.3 Å². The van der Waals surface area contributed by atoms with Crippen LogP contribution in [-0.2, 0) is 6.54 Å². The Morgan fingerprint density at radius 3 is 2.87 bits per heavy atom. The molecule has 4 aromatic rings. The van der Waals surface area contributed by atoms with Gasteiger partial charge in [-0.1, -0.05) is 23.2 Å². The van der Waals surface area contributed by atoms with Crippen molar-refractivity contribution in [1.82, 2.24) is 24.5 Å². The maximum absolute atomic E-state index is 13.9. The molecular weight excluding hydrogens is 436 g/mol. The Kier molecular flexibility index (Phi) is 5.50. The third-order valence-electron chi connectivity index (χ3n) is 4.54. The fraction of sp³-hybridized carbons (Fsp3) is 0.211. The molecule has 0 radical (unpaired) electrons. The van der Waals surface area contributed by atoms with Gasteiger partial charge >= 0.3 is 5.69 Å². The number of aliphatic hydroxyl groups is 1. The van der Waals surface area contributed by atoms with Gasteiger partial charge in [0.2, 0.25) is 0 Å². The van der Waals surface area contributed by atoms with Gasteiger partial charge in [-0.3, -0.25) is 9.67 Å². The van der Waals surface area contributed by atoms with Crippen LogP contribution in [-0.4, -0.2) is 36.2 Å². The third kappa shape index (κ3) is 3.67. The van der Waals surface area contributed by atoms with Crippen LogP contribution in [0.5, 0.6) is 0 Å². The maximum atomic E-state index is 13.9. The molecule has 0 spiro atoms. The number of imidazole rings is 1. The van der Waals surface area contributed by atoms with Crippen molar-refractivity contribution in [2.45, 2.75) is 19.6 Å². The zero-order valence-electron chi connectivity index (χ0n) is 15.6. The van der Waals surface area contributed by atoms with Crippen LogP contribution in [0.25, 0.3) is 22.3 Å². The van der Waals surface area contributed by atoms with Gasteiger partial charge in [0.1, 0.15) is 11.3 Å². The minimum absolute atomic E-state index is 0.0350. The maximum Gasteiger partial charge on any atom is 0.360 e. The minimum Gasteiger partial charge on any atom is -0.401 e. The highest BCUT2D eigenvalue weighted by Gasteiger charge is 2.21. The first kappa shape index (κ1) is 20.4. The fourth-order valence-electron chi connectivity index (χ4n) is 3.09. The number of aromatic nitrogens is 5. The van der Waals surface area contributed by atoms with Crippen LogP contribution >= 0.6 is 23.2 Å². The minimum atomic E-state index is -0.826. The van der Waals surface area contributed by atoms with Crippen molar-refractivity contribution in [2.75, 3.05) is 6.61 Å². The first-order valence-corrected chi connectivity index (χ1v) is 9.69. The van der Waals surface area contributed by atoms with Crippen LogP contribution in [0.4, 0.5) is 4.39 Å². The Balaban J connectivity index is 1.73. The Hall–Kier alpha value is -2.88. The van der Waals surface area contributed by atoms with Crippen molar-refractivity contribution in [2.24, 2.45) is 0 Å². The lowest BCUT2D eigenvalue weighted by atomic mass is 10.1. The van der Waals surface area contributed by atoms with Gasteiger partial charge in [-0.25, -0.2) is 14.2 Å². The molecule has 8 nitrogen and oxygen atoms in total. The van der Waals surface area contributed by atoms with Gasteiger partial charge in [0, 0.05) is 34.1 Å². The standard InChI is InChI=1S/C19H16Cl2FN5O3/c1-10(16-13(20)2-3-14(22)17(16)21)30-27-15-6-11(7-23-18(15)25-19(27)29)12-8-24-26(9-12)4-5-28/h2-3,6-10,28H,4-5H2,1H3,(H,23,25,29). The number of halogens is 3. The van der Waals surface area contributed by atoms with Gasteiger partial charge < -0.3 is 9.94 Å². The highest BCUT2D eigenvalue weighted by atomic mass is 35.5. The molecule has 0 aliphatic heterocycles. The zero-order valence-corrected chi connectivity index (χ0v) is 17.2. The van der Waals surface area contributed by atoms with E-state index >= 15 is 0 Å². The highest BCUT2D eigenvalue weighted by molar-refractivity contribution is 6.36. The van der Waals surface area contributed by atoms with Crippen LogP contribution in [0.2, 0.25) is 10.0 Å². The van der Waals surface area contributed by atoms with E-state index in [0.29, 0.717) is 23.3 Å². The van der Waals surface area contributed by atoms with E-state index in [4.69, 9.17) is 33.1 Å². The molecule has 11 heteroatoms. The van der Waals surface area contributed by atoms with Gasteiger partial charge in [-0.05, 0) is 25.1 Å². The average Bonchev–Trinajstić information content (AvgIpc) is 3.30. The van der Waals surface area contributed by atoms with E-state index in [9.17, 15) is 9.18 Å². The van der Waals surface area contributed by atoms with Gasteiger partial charge in [-0.15, -0.1) is 4.73 Å². The molecule has 0 bridgehead atoms.